The quantitative estimate of drug-likeness (QED) is 0.492. The van der Waals surface area contributed by atoms with Gasteiger partial charge in [-0.05, 0) is 6.54 Å². The zero-order valence-electron chi connectivity index (χ0n) is 9.63. The monoisotopic (exact) mass is 273 g/mol. The van der Waals surface area contributed by atoms with Crippen molar-refractivity contribution in [2.45, 2.75) is 18.9 Å². The number of aromatic nitrogens is 1. The number of nitrogens with two attached hydrogens (primary N) is 1. The van der Waals surface area contributed by atoms with Crippen molar-refractivity contribution in [3.8, 4) is 0 Å². The SMILES string of the molecule is NCCc1nc(CC(=O)NC(CO)C(=O)O)cs1. The van der Waals surface area contributed by atoms with Gasteiger partial charge >= 0.3 is 5.97 Å². The maximum Gasteiger partial charge on any atom is 0.328 e. The molecule has 8 heteroatoms. The van der Waals surface area contributed by atoms with E-state index in [4.69, 9.17) is 15.9 Å². The lowest BCUT2D eigenvalue weighted by Crippen LogP contribution is -2.43. The fourth-order valence-corrected chi connectivity index (χ4v) is 2.08. The van der Waals surface area contributed by atoms with Crippen LogP contribution in [0, 0.1) is 0 Å². The molecule has 0 aromatic carbocycles. The highest BCUT2D eigenvalue weighted by molar-refractivity contribution is 7.09. The standard InChI is InChI=1S/C10H15N3O4S/c11-2-1-9-12-6(5-18-9)3-8(15)13-7(4-14)10(16)17/h5,7,14H,1-4,11H2,(H,13,15)(H,16,17). The zero-order valence-corrected chi connectivity index (χ0v) is 10.4. The van der Waals surface area contributed by atoms with Gasteiger partial charge in [0.2, 0.25) is 5.91 Å². The number of aliphatic hydroxyl groups excluding tert-OH is 1. The molecule has 0 bridgehead atoms. The molecule has 1 aromatic heterocycles. The number of rotatable bonds is 7. The van der Waals surface area contributed by atoms with Gasteiger partial charge in [-0.25, -0.2) is 9.78 Å². The number of aliphatic carboxylic acids is 1. The molecule has 0 radical (unpaired) electrons. The molecule has 0 saturated heterocycles. The minimum absolute atomic E-state index is 0.00908. The van der Waals surface area contributed by atoms with Crippen molar-refractivity contribution in [3.63, 3.8) is 0 Å². The number of carboxylic acid groups (broad SMARTS) is 1. The van der Waals surface area contributed by atoms with Gasteiger partial charge in [0.15, 0.2) is 0 Å². The van der Waals surface area contributed by atoms with Crippen LogP contribution in [0.2, 0.25) is 0 Å². The first kappa shape index (κ1) is 14.6. The lowest BCUT2D eigenvalue weighted by Gasteiger charge is -2.10. The van der Waals surface area contributed by atoms with Gasteiger partial charge in [0.25, 0.3) is 0 Å². The van der Waals surface area contributed by atoms with E-state index in [2.05, 4.69) is 10.3 Å². The summed E-state index contributed by atoms with van der Waals surface area (Å²) in [6.45, 7) is -0.151. The minimum atomic E-state index is -1.28. The number of thiazole rings is 1. The molecule has 0 spiro atoms. The van der Waals surface area contributed by atoms with Gasteiger partial charge in [-0.2, -0.15) is 0 Å². The molecule has 0 saturated carbocycles. The van der Waals surface area contributed by atoms with Gasteiger partial charge < -0.3 is 21.3 Å². The third kappa shape index (κ3) is 4.40. The fraction of sp³-hybridized carbons (Fsp3) is 0.500. The molecule has 0 aliphatic rings. The third-order valence-electron chi connectivity index (χ3n) is 2.12. The Morgan fingerprint density at radius 1 is 1.56 bits per heavy atom. The van der Waals surface area contributed by atoms with E-state index in [-0.39, 0.29) is 6.42 Å². The van der Waals surface area contributed by atoms with E-state index in [1.807, 2.05) is 0 Å². The number of carboxylic acids is 1. The molecular weight excluding hydrogens is 258 g/mol. The molecule has 1 unspecified atom stereocenters. The van der Waals surface area contributed by atoms with Crippen LogP contribution in [-0.2, 0) is 22.4 Å². The Morgan fingerprint density at radius 3 is 2.83 bits per heavy atom. The van der Waals surface area contributed by atoms with Crippen molar-refractivity contribution in [2.24, 2.45) is 5.73 Å². The van der Waals surface area contributed by atoms with E-state index in [1.54, 1.807) is 5.38 Å². The molecule has 0 aliphatic heterocycles. The summed E-state index contributed by atoms with van der Waals surface area (Å²) < 4.78 is 0. The minimum Gasteiger partial charge on any atom is -0.480 e. The highest BCUT2D eigenvalue weighted by Crippen LogP contribution is 2.10. The molecule has 1 amide bonds. The second kappa shape index (κ2) is 7.04. The molecule has 7 nitrogen and oxygen atoms in total. The zero-order chi connectivity index (χ0) is 13.5. The summed E-state index contributed by atoms with van der Waals surface area (Å²) in [5, 5.41) is 22.2. The molecule has 1 atom stereocenters. The Morgan fingerprint density at radius 2 is 2.28 bits per heavy atom. The van der Waals surface area contributed by atoms with Crippen molar-refractivity contribution in [1.29, 1.82) is 0 Å². The number of hydrogen-bond donors (Lipinski definition) is 4. The smallest absolute Gasteiger partial charge is 0.328 e. The first-order valence-corrected chi connectivity index (χ1v) is 6.21. The summed E-state index contributed by atoms with van der Waals surface area (Å²) in [6, 6.07) is -1.28. The predicted molar refractivity (Wildman–Crippen MR) is 65.2 cm³/mol. The second-order valence-electron chi connectivity index (χ2n) is 3.59. The first-order chi connectivity index (χ1) is 8.56. The lowest BCUT2D eigenvalue weighted by molar-refractivity contribution is -0.142. The Labute approximate surface area is 108 Å². The number of amides is 1. The van der Waals surface area contributed by atoms with Crippen LogP contribution in [0.15, 0.2) is 5.38 Å². The van der Waals surface area contributed by atoms with Gasteiger partial charge in [0.05, 0.1) is 23.7 Å². The van der Waals surface area contributed by atoms with Crippen molar-refractivity contribution in [3.05, 3.63) is 16.1 Å². The highest BCUT2D eigenvalue weighted by atomic mass is 32.1. The summed E-state index contributed by atoms with van der Waals surface area (Å²) in [7, 11) is 0. The Balaban J connectivity index is 2.50. The maximum atomic E-state index is 11.5. The van der Waals surface area contributed by atoms with Crippen LogP contribution in [0.3, 0.4) is 0 Å². The molecule has 1 rings (SSSR count). The van der Waals surface area contributed by atoms with Gasteiger partial charge in [0.1, 0.15) is 6.04 Å². The molecule has 1 heterocycles. The molecule has 0 aliphatic carbocycles. The van der Waals surface area contributed by atoms with Crippen LogP contribution >= 0.6 is 11.3 Å². The predicted octanol–water partition coefficient (Wildman–Crippen LogP) is -1.25. The van der Waals surface area contributed by atoms with Gasteiger partial charge in [-0.1, -0.05) is 0 Å². The van der Waals surface area contributed by atoms with Crippen LogP contribution in [0.1, 0.15) is 10.7 Å². The second-order valence-corrected chi connectivity index (χ2v) is 4.53. The van der Waals surface area contributed by atoms with E-state index in [0.717, 1.165) is 5.01 Å². The summed E-state index contributed by atoms with van der Waals surface area (Å²) >= 11 is 1.41. The van der Waals surface area contributed by atoms with Gasteiger partial charge in [-0.15, -0.1) is 11.3 Å². The van der Waals surface area contributed by atoms with E-state index >= 15 is 0 Å². The molecule has 100 valence electrons. The third-order valence-corrected chi connectivity index (χ3v) is 3.07. The summed E-state index contributed by atoms with van der Waals surface area (Å²) in [5.74, 6) is -1.76. The molecular formula is C10H15N3O4S. The first-order valence-electron chi connectivity index (χ1n) is 5.33. The van der Waals surface area contributed by atoms with Crippen LogP contribution in [-0.4, -0.2) is 46.3 Å². The number of carbonyl (C=O) groups excluding carboxylic acids is 1. The van der Waals surface area contributed by atoms with Crippen molar-refractivity contribution >= 4 is 23.2 Å². The van der Waals surface area contributed by atoms with Crippen LogP contribution in [0.25, 0.3) is 0 Å². The van der Waals surface area contributed by atoms with Gasteiger partial charge in [-0.3, -0.25) is 4.79 Å². The van der Waals surface area contributed by atoms with Crippen LogP contribution < -0.4 is 11.1 Å². The normalized spacial score (nSPS) is 12.1. The summed E-state index contributed by atoms with van der Waals surface area (Å²) in [6.07, 6.45) is 0.644. The Kier molecular flexibility index (Phi) is 5.69. The number of nitrogens with one attached hydrogen (secondary N) is 1. The summed E-state index contributed by atoms with van der Waals surface area (Å²) in [5.41, 5.74) is 5.95. The molecule has 5 N–H and O–H groups in total. The number of hydrogen-bond acceptors (Lipinski definition) is 6. The number of aliphatic hydroxyl groups is 1. The number of carbonyl (C=O) groups is 2. The maximum absolute atomic E-state index is 11.5. The molecule has 18 heavy (non-hydrogen) atoms. The summed E-state index contributed by atoms with van der Waals surface area (Å²) in [4.78, 5) is 26.3. The van der Waals surface area contributed by atoms with Crippen LogP contribution in [0.4, 0.5) is 0 Å². The van der Waals surface area contributed by atoms with Gasteiger partial charge in [0, 0.05) is 11.8 Å². The average Bonchev–Trinajstić information content (AvgIpc) is 2.73. The fourth-order valence-electron chi connectivity index (χ4n) is 1.26. The van der Waals surface area contributed by atoms with E-state index < -0.39 is 24.5 Å². The topological polar surface area (TPSA) is 126 Å². The number of nitrogens with zero attached hydrogens (tertiary/aromatic N) is 1. The van der Waals surface area contributed by atoms with E-state index in [0.29, 0.717) is 18.7 Å². The van der Waals surface area contributed by atoms with Crippen molar-refractivity contribution < 1.29 is 19.8 Å². The Bertz CT molecular complexity index is 421. The lowest BCUT2D eigenvalue weighted by atomic mass is 10.2. The largest absolute Gasteiger partial charge is 0.480 e. The van der Waals surface area contributed by atoms with Crippen molar-refractivity contribution in [2.75, 3.05) is 13.2 Å². The van der Waals surface area contributed by atoms with E-state index in [1.165, 1.54) is 11.3 Å². The van der Waals surface area contributed by atoms with Crippen molar-refractivity contribution in [1.82, 2.24) is 10.3 Å². The molecule has 0 fully saturated rings. The Hall–Kier alpha value is -1.51. The van der Waals surface area contributed by atoms with Crippen LogP contribution in [0.5, 0.6) is 0 Å². The molecule has 1 aromatic rings. The average molecular weight is 273 g/mol. The van der Waals surface area contributed by atoms with E-state index in [9.17, 15) is 9.59 Å². The highest BCUT2D eigenvalue weighted by Gasteiger charge is 2.19.